The molecule has 1 rings (SSSR count). The molecule has 1 heterocycles. The van der Waals surface area contributed by atoms with Gasteiger partial charge in [-0.15, -0.1) is 11.3 Å². The normalized spacial score (nSPS) is 9.12. The second-order valence-electron chi connectivity index (χ2n) is 1.20. The van der Waals surface area contributed by atoms with Gasteiger partial charge >= 0.3 is 0 Å². The summed E-state index contributed by atoms with van der Waals surface area (Å²) in [6.07, 6.45) is 1.80. The van der Waals surface area contributed by atoms with Gasteiger partial charge in [0.05, 0.1) is 4.88 Å². The Bertz CT molecular complexity index is 194. The number of thiophene rings is 1. The number of rotatable bonds is 1. The Balaban J connectivity index is 3.09. The minimum Gasteiger partial charge on any atom is -0.284 e. The lowest BCUT2D eigenvalue weighted by Crippen LogP contribution is -1.68. The predicted octanol–water partition coefficient (Wildman–Crippen LogP) is 1.97. The third-order valence-corrected chi connectivity index (χ3v) is 2.44. The first kappa shape index (κ1) is 5.98. The smallest absolute Gasteiger partial charge is 0.245 e. The number of hydrogen-bond donors (Lipinski definition) is 0. The Hall–Kier alpha value is -0.150. The molecular formula is C5H2BrOS. The van der Waals surface area contributed by atoms with Crippen molar-refractivity contribution in [2.24, 2.45) is 0 Å². The monoisotopic (exact) mass is 189 g/mol. The van der Waals surface area contributed by atoms with Gasteiger partial charge in [-0.2, -0.15) is 0 Å². The second-order valence-corrected chi connectivity index (χ2v) is 2.97. The maximum atomic E-state index is 9.94. The summed E-state index contributed by atoms with van der Waals surface area (Å²) < 4.78 is 0.831. The molecule has 0 fully saturated rings. The van der Waals surface area contributed by atoms with Crippen LogP contribution in [0.15, 0.2) is 15.9 Å². The van der Waals surface area contributed by atoms with Gasteiger partial charge in [-0.3, -0.25) is 4.79 Å². The van der Waals surface area contributed by atoms with Gasteiger partial charge in [0.15, 0.2) is 0 Å². The SMILES string of the molecule is O=[C]c1sccc1Br. The molecule has 3 heteroatoms. The van der Waals surface area contributed by atoms with Crippen molar-refractivity contribution in [1.29, 1.82) is 0 Å². The third-order valence-electron chi connectivity index (χ3n) is 0.710. The van der Waals surface area contributed by atoms with Crippen LogP contribution in [0.25, 0.3) is 0 Å². The van der Waals surface area contributed by atoms with Crippen LogP contribution >= 0.6 is 27.3 Å². The highest BCUT2D eigenvalue weighted by atomic mass is 79.9. The number of hydrogen-bond acceptors (Lipinski definition) is 2. The summed E-state index contributed by atoms with van der Waals surface area (Å²) in [6.45, 7) is 0. The van der Waals surface area contributed by atoms with Crippen molar-refractivity contribution in [3.63, 3.8) is 0 Å². The van der Waals surface area contributed by atoms with E-state index in [2.05, 4.69) is 15.9 Å². The van der Waals surface area contributed by atoms with Crippen molar-refractivity contribution in [1.82, 2.24) is 0 Å². The topological polar surface area (TPSA) is 17.1 Å². The number of carbonyl (C=O) groups excluding carboxylic acids is 1. The predicted molar refractivity (Wildman–Crippen MR) is 36.8 cm³/mol. The van der Waals surface area contributed by atoms with Crippen LogP contribution in [0.2, 0.25) is 0 Å². The largest absolute Gasteiger partial charge is 0.284 e. The fourth-order valence-corrected chi connectivity index (χ4v) is 1.60. The molecule has 0 atom stereocenters. The fourth-order valence-electron chi connectivity index (χ4n) is 0.367. The Morgan fingerprint density at radius 2 is 2.50 bits per heavy atom. The van der Waals surface area contributed by atoms with E-state index in [9.17, 15) is 4.79 Å². The van der Waals surface area contributed by atoms with Crippen LogP contribution in [0.3, 0.4) is 0 Å². The molecule has 0 N–H and O–H groups in total. The number of halogens is 1. The summed E-state index contributed by atoms with van der Waals surface area (Å²) in [6, 6.07) is 1.82. The average molecular weight is 190 g/mol. The van der Waals surface area contributed by atoms with E-state index in [1.807, 2.05) is 11.4 Å². The lowest BCUT2D eigenvalue weighted by Gasteiger charge is -1.75. The summed E-state index contributed by atoms with van der Waals surface area (Å²) in [4.78, 5) is 10.6. The van der Waals surface area contributed by atoms with Crippen molar-refractivity contribution >= 4 is 33.6 Å². The van der Waals surface area contributed by atoms with E-state index >= 15 is 0 Å². The van der Waals surface area contributed by atoms with Crippen LogP contribution < -0.4 is 0 Å². The molecule has 1 aromatic rings. The van der Waals surface area contributed by atoms with Gasteiger partial charge in [0.25, 0.3) is 0 Å². The van der Waals surface area contributed by atoms with Crippen molar-refractivity contribution in [3.05, 3.63) is 20.8 Å². The molecule has 41 valence electrons. The second kappa shape index (κ2) is 2.42. The minimum absolute atomic E-state index is 0.630. The molecule has 0 spiro atoms. The van der Waals surface area contributed by atoms with Gasteiger partial charge in [0.1, 0.15) is 0 Å². The molecule has 0 bridgehead atoms. The van der Waals surface area contributed by atoms with E-state index in [4.69, 9.17) is 0 Å². The van der Waals surface area contributed by atoms with Crippen LogP contribution in [0.1, 0.15) is 4.88 Å². The lowest BCUT2D eigenvalue weighted by atomic mass is 10.5. The zero-order valence-electron chi connectivity index (χ0n) is 3.85. The van der Waals surface area contributed by atoms with E-state index in [1.54, 1.807) is 6.29 Å². The van der Waals surface area contributed by atoms with Crippen LogP contribution in [-0.2, 0) is 4.79 Å². The van der Waals surface area contributed by atoms with Crippen molar-refractivity contribution in [2.75, 3.05) is 0 Å². The highest BCUT2D eigenvalue weighted by molar-refractivity contribution is 9.10. The van der Waals surface area contributed by atoms with E-state index < -0.39 is 0 Å². The van der Waals surface area contributed by atoms with Gasteiger partial charge in [-0.1, -0.05) is 0 Å². The summed E-state index contributed by atoms with van der Waals surface area (Å²) in [5.41, 5.74) is 0. The Labute approximate surface area is 59.5 Å². The Morgan fingerprint density at radius 3 is 2.75 bits per heavy atom. The molecule has 0 aliphatic carbocycles. The van der Waals surface area contributed by atoms with E-state index in [0.717, 1.165) is 4.47 Å². The first-order valence-electron chi connectivity index (χ1n) is 1.95. The zero-order valence-corrected chi connectivity index (χ0v) is 6.25. The molecule has 0 amide bonds. The Kier molecular flexibility index (Phi) is 1.81. The molecule has 0 saturated carbocycles. The summed E-state index contributed by atoms with van der Waals surface area (Å²) >= 11 is 4.55. The first-order chi connectivity index (χ1) is 3.84. The maximum Gasteiger partial charge on any atom is 0.245 e. The highest BCUT2D eigenvalue weighted by Gasteiger charge is 1.96. The zero-order chi connectivity index (χ0) is 5.98. The standard InChI is InChI=1S/C5H2BrOS/c6-4-1-2-8-5(4)3-7/h1-2H. The fraction of sp³-hybridized carbons (Fsp3) is 0. The third kappa shape index (κ3) is 0.980. The maximum absolute atomic E-state index is 9.94. The molecule has 0 aliphatic heterocycles. The van der Waals surface area contributed by atoms with E-state index in [-0.39, 0.29) is 0 Å². The van der Waals surface area contributed by atoms with Crippen molar-refractivity contribution in [2.45, 2.75) is 0 Å². The molecule has 1 radical (unpaired) electrons. The summed E-state index contributed by atoms with van der Waals surface area (Å²) in [5, 5.41) is 1.84. The van der Waals surface area contributed by atoms with Crippen LogP contribution in [0, 0.1) is 0 Å². The molecule has 0 saturated heterocycles. The van der Waals surface area contributed by atoms with Gasteiger partial charge in [0, 0.05) is 4.47 Å². The quantitative estimate of drug-likeness (QED) is 0.661. The van der Waals surface area contributed by atoms with E-state index in [0.29, 0.717) is 4.88 Å². The minimum atomic E-state index is 0.630. The molecule has 0 aliphatic rings. The highest BCUT2D eigenvalue weighted by Crippen LogP contribution is 2.19. The average Bonchev–Trinajstić information content (AvgIpc) is 2.14. The van der Waals surface area contributed by atoms with Crippen molar-refractivity contribution < 1.29 is 4.79 Å². The summed E-state index contributed by atoms with van der Waals surface area (Å²) in [5.74, 6) is 0. The first-order valence-corrected chi connectivity index (χ1v) is 3.63. The van der Waals surface area contributed by atoms with Gasteiger partial charge in [-0.25, -0.2) is 0 Å². The summed E-state index contributed by atoms with van der Waals surface area (Å²) in [7, 11) is 0. The van der Waals surface area contributed by atoms with Gasteiger partial charge in [0.2, 0.25) is 6.29 Å². The van der Waals surface area contributed by atoms with Crippen molar-refractivity contribution in [3.8, 4) is 0 Å². The van der Waals surface area contributed by atoms with Gasteiger partial charge in [-0.05, 0) is 27.4 Å². The molecule has 8 heavy (non-hydrogen) atoms. The molecule has 0 unspecified atom stereocenters. The molecule has 1 nitrogen and oxygen atoms in total. The van der Waals surface area contributed by atoms with E-state index in [1.165, 1.54) is 11.3 Å². The molecule has 1 aromatic heterocycles. The molecular weight excluding hydrogens is 188 g/mol. The van der Waals surface area contributed by atoms with Crippen LogP contribution in [-0.4, -0.2) is 6.29 Å². The lowest BCUT2D eigenvalue weighted by molar-refractivity contribution is 0.563. The van der Waals surface area contributed by atoms with Gasteiger partial charge < -0.3 is 0 Å². The molecule has 0 aromatic carbocycles. The Morgan fingerprint density at radius 1 is 1.75 bits per heavy atom. The van der Waals surface area contributed by atoms with Crippen LogP contribution in [0.5, 0.6) is 0 Å². The van der Waals surface area contributed by atoms with Crippen LogP contribution in [0.4, 0.5) is 0 Å².